The second kappa shape index (κ2) is 5.49. The van der Waals surface area contributed by atoms with Crippen molar-refractivity contribution in [1.29, 1.82) is 0 Å². The Labute approximate surface area is 79.7 Å². The average Bonchev–Trinajstić information content (AvgIpc) is 2.14. The van der Waals surface area contributed by atoms with Crippen molar-refractivity contribution >= 4 is 0 Å². The van der Waals surface area contributed by atoms with Gasteiger partial charge in [-0.3, -0.25) is 4.98 Å². The van der Waals surface area contributed by atoms with Gasteiger partial charge in [-0.05, 0) is 32.0 Å². The minimum Gasteiger partial charge on any atom is -0.311 e. The van der Waals surface area contributed by atoms with Crippen molar-refractivity contribution in [1.82, 2.24) is 10.3 Å². The molecule has 1 aromatic heterocycles. The molecule has 2 heteroatoms. The first-order chi connectivity index (χ1) is 6.29. The van der Waals surface area contributed by atoms with Gasteiger partial charge < -0.3 is 5.32 Å². The summed E-state index contributed by atoms with van der Waals surface area (Å²) in [5, 5.41) is 3.31. The van der Waals surface area contributed by atoms with E-state index in [-0.39, 0.29) is 0 Å². The molecule has 70 valence electrons. The fourth-order valence-electron chi connectivity index (χ4n) is 1.02. The maximum Gasteiger partial charge on any atom is 0.0541 e. The molecule has 0 atom stereocenters. The molecule has 0 spiro atoms. The maximum absolute atomic E-state index is 4.21. The highest BCUT2D eigenvalue weighted by Crippen LogP contribution is 1.94. The van der Waals surface area contributed by atoms with Gasteiger partial charge >= 0.3 is 0 Å². The normalized spacial score (nSPS) is 9.92. The summed E-state index contributed by atoms with van der Waals surface area (Å²) in [5.41, 5.74) is 2.30. The van der Waals surface area contributed by atoms with E-state index in [0.717, 1.165) is 25.2 Å². The van der Waals surface area contributed by atoms with Gasteiger partial charge in [-0.2, -0.15) is 0 Å². The van der Waals surface area contributed by atoms with Crippen LogP contribution in [-0.4, -0.2) is 11.5 Å². The number of hydrogen-bond acceptors (Lipinski definition) is 2. The first kappa shape index (κ1) is 9.93. The molecule has 0 radical (unpaired) electrons. The lowest BCUT2D eigenvalue weighted by molar-refractivity contribution is 0.673. The third-order valence-corrected chi connectivity index (χ3v) is 1.76. The second-order valence-corrected chi connectivity index (χ2v) is 3.20. The van der Waals surface area contributed by atoms with Crippen LogP contribution in [0.25, 0.3) is 0 Å². The molecule has 0 aliphatic carbocycles. The fourth-order valence-corrected chi connectivity index (χ4v) is 1.02. The molecule has 0 bridgehead atoms. The van der Waals surface area contributed by atoms with E-state index in [2.05, 4.69) is 16.9 Å². The van der Waals surface area contributed by atoms with Gasteiger partial charge in [0.2, 0.25) is 0 Å². The van der Waals surface area contributed by atoms with Crippen LogP contribution in [0.4, 0.5) is 0 Å². The predicted molar refractivity (Wildman–Crippen MR) is 55.4 cm³/mol. The van der Waals surface area contributed by atoms with Crippen molar-refractivity contribution in [3.63, 3.8) is 0 Å². The van der Waals surface area contributed by atoms with E-state index >= 15 is 0 Å². The highest BCUT2D eigenvalue weighted by atomic mass is 14.9. The van der Waals surface area contributed by atoms with Crippen molar-refractivity contribution in [2.45, 2.75) is 19.9 Å². The Morgan fingerprint density at radius 1 is 1.54 bits per heavy atom. The van der Waals surface area contributed by atoms with Gasteiger partial charge in [0.1, 0.15) is 0 Å². The zero-order valence-corrected chi connectivity index (χ0v) is 8.09. The van der Waals surface area contributed by atoms with E-state index in [1.807, 2.05) is 31.3 Å². The number of nitrogens with zero attached hydrogens (tertiary/aromatic N) is 1. The zero-order chi connectivity index (χ0) is 9.52. The molecule has 2 nitrogen and oxygen atoms in total. The van der Waals surface area contributed by atoms with Crippen LogP contribution in [0.15, 0.2) is 36.5 Å². The highest BCUT2D eigenvalue weighted by Gasteiger charge is 1.91. The van der Waals surface area contributed by atoms with Crippen LogP contribution in [0.1, 0.15) is 19.0 Å². The van der Waals surface area contributed by atoms with Gasteiger partial charge in [0, 0.05) is 12.7 Å². The Morgan fingerprint density at radius 2 is 2.38 bits per heavy atom. The van der Waals surface area contributed by atoms with Crippen LogP contribution in [-0.2, 0) is 6.54 Å². The van der Waals surface area contributed by atoms with Gasteiger partial charge in [-0.1, -0.05) is 11.6 Å². The predicted octanol–water partition coefficient (Wildman–Crippen LogP) is 2.14. The smallest absolute Gasteiger partial charge is 0.0541 e. The van der Waals surface area contributed by atoms with E-state index in [4.69, 9.17) is 0 Å². The summed E-state index contributed by atoms with van der Waals surface area (Å²) < 4.78 is 0. The van der Waals surface area contributed by atoms with Crippen LogP contribution in [0, 0.1) is 0 Å². The van der Waals surface area contributed by atoms with Crippen molar-refractivity contribution in [2.75, 3.05) is 6.54 Å². The lowest BCUT2D eigenvalue weighted by Gasteiger charge is -2.03. The Morgan fingerprint density at radius 3 is 3.00 bits per heavy atom. The van der Waals surface area contributed by atoms with Crippen molar-refractivity contribution < 1.29 is 0 Å². The molecular weight excluding hydrogens is 160 g/mol. The largest absolute Gasteiger partial charge is 0.311 e. The Bertz CT molecular complexity index is 254. The van der Waals surface area contributed by atoms with E-state index in [1.54, 1.807) is 0 Å². The molecule has 0 fully saturated rings. The molecule has 1 rings (SSSR count). The monoisotopic (exact) mass is 176 g/mol. The number of nitrogens with one attached hydrogen (secondary N) is 1. The first-order valence-corrected chi connectivity index (χ1v) is 4.54. The number of rotatable bonds is 5. The van der Waals surface area contributed by atoms with Crippen LogP contribution < -0.4 is 5.32 Å². The van der Waals surface area contributed by atoms with Gasteiger partial charge in [0.05, 0.1) is 5.69 Å². The minimum atomic E-state index is 0.841. The van der Waals surface area contributed by atoms with E-state index in [1.165, 1.54) is 5.57 Å². The van der Waals surface area contributed by atoms with E-state index in [0.29, 0.717) is 0 Å². The SMILES string of the molecule is C=C(C)CCNCc1ccccn1. The highest BCUT2D eigenvalue weighted by molar-refractivity contribution is 5.02. The van der Waals surface area contributed by atoms with Crippen molar-refractivity contribution in [3.05, 3.63) is 42.2 Å². The van der Waals surface area contributed by atoms with Crippen LogP contribution >= 0.6 is 0 Å². The second-order valence-electron chi connectivity index (χ2n) is 3.20. The van der Waals surface area contributed by atoms with Gasteiger partial charge in [-0.25, -0.2) is 0 Å². The quantitative estimate of drug-likeness (QED) is 0.549. The summed E-state index contributed by atoms with van der Waals surface area (Å²) in [4.78, 5) is 4.21. The number of hydrogen-bond donors (Lipinski definition) is 1. The molecule has 0 saturated heterocycles. The van der Waals surface area contributed by atoms with E-state index in [9.17, 15) is 0 Å². The fraction of sp³-hybridized carbons (Fsp3) is 0.364. The summed E-state index contributed by atoms with van der Waals surface area (Å²) in [6.45, 7) is 7.71. The Hall–Kier alpha value is -1.15. The molecule has 1 N–H and O–H groups in total. The van der Waals surface area contributed by atoms with Gasteiger partial charge in [0.25, 0.3) is 0 Å². The van der Waals surface area contributed by atoms with Gasteiger partial charge in [0.15, 0.2) is 0 Å². The molecule has 1 aromatic rings. The summed E-state index contributed by atoms with van der Waals surface area (Å²) in [6, 6.07) is 5.95. The molecule has 0 aliphatic rings. The average molecular weight is 176 g/mol. The standard InChI is InChI=1S/C11H16N2/c1-10(2)6-8-12-9-11-5-3-4-7-13-11/h3-5,7,12H,1,6,8-9H2,2H3. The molecule has 0 aliphatic heterocycles. The number of pyridine rings is 1. The van der Waals surface area contributed by atoms with Gasteiger partial charge in [-0.15, -0.1) is 6.58 Å². The third kappa shape index (κ3) is 4.43. The van der Waals surface area contributed by atoms with Crippen molar-refractivity contribution in [2.24, 2.45) is 0 Å². The molecule has 0 amide bonds. The lowest BCUT2D eigenvalue weighted by Crippen LogP contribution is -2.15. The third-order valence-electron chi connectivity index (χ3n) is 1.76. The van der Waals surface area contributed by atoms with Crippen molar-refractivity contribution in [3.8, 4) is 0 Å². The molecule has 13 heavy (non-hydrogen) atoms. The van der Waals surface area contributed by atoms with E-state index < -0.39 is 0 Å². The van der Waals surface area contributed by atoms with Crippen LogP contribution in [0.3, 0.4) is 0 Å². The maximum atomic E-state index is 4.21. The summed E-state index contributed by atoms with van der Waals surface area (Å²) in [7, 11) is 0. The Balaban J connectivity index is 2.17. The first-order valence-electron chi connectivity index (χ1n) is 4.54. The topological polar surface area (TPSA) is 24.9 Å². The number of aromatic nitrogens is 1. The molecule has 0 aromatic carbocycles. The molecule has 1 heterocycles. The molecule has 0 unspecified atom stereocenters. The summed E-state index contributed by atoms with van der Waals surface area (Å²) in [5.74, 6) is 0. The summed E-state index contributed by atoms with van der Waals surface area (Å²) >= 11 is 0. The minimum absolute atomic E-state index is 0.841. The van der Waals surface area contributed by atoms with Crippen LogP contribution in [0.2, 0.25) is 0 Å². The van der Waals surface area contributed by atoms with Crippen LogP contribution in [0.5, 0.6) is 0 Å². The lowest BCUT2D eigenvalue weighted by atomic mass is 10.2. The summed E-state index contributed by atoms with van der Waals surface area (Å²) in [6.07, 6.45) is 2.85. The molecular formula is C11H16N2. The zero-order valence-electron chi connectivity index (χ0n) is 8.09. The Kier molecular flexibility index (Phi) is 4.19. The molecule has 0 saturated carbocycles.